The monoisotopic (exact) mass is 441 g/mol. The fourth-order valence-electron chi connectivity index (χ4n) is 4.44. The molecule has 4 heterocycles. The molecule has 0 spiro atoms. The van der Waals surface area contributed by atoms with Crippen molar-refractivity contribution in [2.45, 2.75) is 44.6 Å². The number of carboxylic acids is 1. The van der Waals surface area contributed by atoms with E-state index in [9.17, 15) is 9.90 Å². The van der Waals surface area contributed by atoms with E-state index in [1.165, 1.54) is 5.56 Å². The van der Waals surface area contributed by atoms with Crippen molar-refractivity contribution in [3.8, 4) is 0 Å². The van der Waals surface area contributed by atoms with Crippen molar-refractivity contribution in [2.24, 2.45) is 0 Å². The summed E-state index contributed by atoms with van der Waals surface area (Å²) in [4.78, 5) is 20.9. The van der Waals surface area contributed by atoms with Gasteiger partial charge in [-0.05, 0) is 67.5 Å². The summed E-state index contributed by atoms with van der Waals surface area (Å²) in [6, 6.07) is 15.7. The molecule has 0 aliphatic carbocycles. The van der Waals surface area contributed by atoms with E-state index in [0.717, 1.165) is 72.3 Å². The maximum atomic E-state index is 11.6. The normalized spacial score (nSPS) is 13.9. The number of hydrogen-bond donors (Lipinski definition) is 2. The molecule has 33 heavy (non-hydrogen) atoms. The van der Waals surface area contributed by atoms with Crippen LogP contribution in [0.1, 0.15) is 47.8 Å². The zero-order valence-electron chi connectivity index (χ0n) is 18.4. The lowest BCUT2D eigenvalue weighted by molar-refractivity contribution is -0.137. The Labute approximate surface area is 192 Å². The van der Waals surface area contributed by atoms with E-state index in [1.807, 2.05) is 42.6 Å². The van der Waals surface area contributed by atoms with Crippen LogP contribution in [-0.4, -0.2) is 37.4 Å². The van der Waals surface area contributed by atoms with Crippen LogP contribution in [-0.2, 0) is 24.1 Å². The van der Waals surface area contributed by atoms with Crippen molar-refractivity contribution in [3.63, 3.8) is 0 Å². The lowest BCUT2D eigenvalue weighted by Gasteiger charge is -2.17. The number of anilines is 1. The van der Waals surface area contributed by atoms with Crippen LogP contribution in [0.15, 0.2) is 60.9 Å². The van der Waals surface area contributed by atoms with Gasteiger partial charge in [0.15, 0.2) is 0 Å². The first kappa shape index (κ1) is 21.1. The number of aliphatic carboxylic acids is 1. The molecule has 7 heteroatoms. The largest absolute Gasteiger partial charge is 0.481 e. The molecule has 0 saturated heterocycles. The molecular formula is C26H27N5O2. The first-order valence-electron chi connectivity index (χ1n) is 11.5. The van der Waals surface area contributed by atoms with E-state index in [1.54, 1.807) is 10.9 Å². The number of nitrogens with one attached hydrogen (secondary N) is 1. The van der Waals surface area contributed by atoms with Gasteiger partial charge < -0.3 is 10.4 Å². The van der Waals surface area contributed by atoms with Gasteiger partial charge in [-0.2, -0.15) is 5.10 Å². The number of aromatic nitrogens is 4. The highest BCUT2D eigenvalue weighted by atomic mass is 16.4. The maximum absolute atomic E-state index is 11.6. The van der Waals surface area contributed by atoms with Crippen molar-refractivity contribution < 1.29 is 9.90 Å². The van der Waals surface area contributed by atoms with Crippen molar-refractivity contribution in [2.75, 3.05) is 11.9 Å². The predicted molar refractivity (Wildman–Crippen MR) is 127 cm³/mol. The molecule has 0 fully saturated rings. The van der Waals surface area contributed by atoms with Gasteiger partial charge in [-0.25, -0.2) is 4.98 Å². The van der Waals surface area contributed by atoms with E-state index < -0.39 is 12.0 Å². The lowest BCUT2D eigenvalue weighted by Crippen LogP contribution is -2.16. The number of carboxylic acid groups (broad SMARTS) is 1. The summed E-state index contributed by atoms with van der Waals surface area (Å²) >= 11 is 0. The predicted octanol–water partition coefficient (Wildman–Crippen LogP) is 4.42. The van der Waals surface area contributed by atoms with Crippen LogP contribution in [0.25, 0.3) is 10.9 Å². The van der Waals surface area contributed by atoms with Crippen molar-refractivity contribution in [1.82, 2.24) is 19.7 Å². The minimum absolute atomic E-state index is 0.0484. The van der Waals surface area contributed by atoms with Crippen molar-refractivity contribution in [1.29, 1.82) is 0 Å². The highest BCUT2D eigenvalue weighted by Crippen LogP contribution is 2.25. The van der Waals surface area contributed by atoms with Crippen LogP contribution in [0.3, 0.4) is 0 Å². The average Bonchev–Trinajstić information content (AvgIpc) is 3.30. The molecule has 1 unspecified atom stereocenters. The average molecular weight is 442 g/mol. The van der Waals surface area contributed by atoms with Gasteiger partial charge in [-0.15, -0.1) is 0 Å². The molecule has 1 aliphatic heterocycles. The van der Waals surface area contributed by atoms with Gasteiger partial charge in [0, 0.05) is 30.0 Å². The summed E-state index contributed by atoms with van der Waals surface area (Å²) in [6.07, 6.45) is 8.47. The summed E-state index contributed by atoms with van der Waals surface area (Å²) in [5.41, 5.74) is 5.08. The number of nitrogens with zero attached hydrogens (tertiary/aromatic N) is 4. The van der Waals surface area contributed by atoms with Gasteiger partial charge in [-0.1, -0.05) is 24.3 Å². The molecule has 7 nitrogen and oxygen atoms in total. The Morgan fingerprint density at radius 1 is 1.12 bits per heavy atom. The minimum atomic E-state index is -0.864. The summed E-state index contributed by atoms with van der Waals surface area (Å²) in [5, 5.41) is 18.6. The number of pyridine rings is 2. The fourth-order valence-corrected chi connectivity index (χ4v) is 4.44. The number of fused-ring (bicyclic) bond motifs is 2. The molecule has 5 rings (SSSR count). The van der Waals surface area contributed by atoms with Gasteiger partial charge in [0.25, 0.3) is 0 Å². The zero-order valence-corrected chi connectivity index (χ0v) is 18.4. The number of benzene rings is 1. The van der Waals surface area contributed by atoms with Crippen LogP contribution in [0.5, 0.6) is 0 Å². The second-order valence-electron chi connectivity index (χ2n) is 8.56. The quantitative estimate of drug-likeness (QED) is 0.420. The van der Waals surface area contributed by atoms with E-state index in [4.69, 9.17) is 10.1 Å². The number of aryl methyl sites for hydroxylation is 3. The van der Waals surface area contributed by atoms with Crippen molar-refractivity contribution >= 4 is 22.7 Å². The molecule has 0 radical (unpaired) electrons. The maximum Gasteiger partial charge on any atom is 0.305 e. The summed E-state index contributed by atoms with van der Waals surface area (Å²) in [6.45, 7) is 0.991. The molecule has 0 saturated carbocycles. The first-order chi connectivity index (χ1) is 16.2. The first-order valence-corrected chi connectivity index (χ1v) is 11.5. The van der Waals surface area contributed by atoms with Gasteiger partial charge in [0.05, 0.1) is 23.7 Å². The molecule has 1 atom stereocenters. The fraction of sp³-hybridized carbons (Fsp3) is 0.308. The molecule has 1 aliphatic rings. The van der Waals surface area contributed by atoms with E-state index in [-0.39, 0.29) is 6.42 Å². The Bertz CT molecular complexity index is 1280. The van der Waals surface area contributed by atoms with E-state index in [2.05, 4.69) is 22.4 Å². The Hall–Kier alpha value is -3.74. The summed E-state index contributed by atoms with van der Waals surface area (Å²) in [5.74, 6) is 0.167. The molecule has 0 amide bonds. The molecule has 2 N–H and O–H groups in total. The van der Waals surface area contributed by atoms with Crippen LogP contribution >= 0.6 is 0 Å². The third-order valence-corrected chi connectivity index (χ3v) is 6.16. The third-order valence-electron chi connectivity index (χ3n) is 6.16. The minimum Gasteiger partial charge on any atom is -0.481 e. The molecular weight excluding hydrogens is 414 g/mol. The molecule has 168 valence electrons. The standard InChI is InChI=1S/C26H27N5O2/c32-25(33)16-24(20-15-19-5-1-2-9-23(19)28-17-20)31-14-12-22(30-31)8-3-7-21-11-10-18-6-4-13-27-26(18)29-21/h1-2,5,9-12,14-15,17,24H,3-4,6-8,13,16H2,(H,27,29)(H,32,33). The second kappa shape index (κ2) is 9.40. The number of para-hydroxylation sites is 1. The Morgan fingerprint density at radius 2 is 2.00 bits per heavy atom. The number of rotatable bonds is 8. The van der Waals surface area contributed by atoms with E-state index in [0.29, 0.717) is 0 Å². The van der Waals surface area contributed by atoms with E-state index >= 15 is 0 Å². The highest BCUT2D eigenvalue weighted by Gasteiger charge is 2.20. The van der Waals surface area contributed by atoms with Gasteiger partial charge in [0.2, 0.25) is 0 Å². The number of carbonyl (C=O) groups is 1. The Kier molecular flexibility index (Phi) is 6.02. The Morgan fingerprint density at radius 3 is 2.91 bits per heavy atom. The molecule has 1 aromatic carbocycles. The summed E-state index contributed by atoms with van der Waals surface area (Å²) in [7, 11) is 0. The smallest absolute Gasteiger partial charge is 0.305 e. The van der Waals surface area contributed by atoms with Crippen LogP contribution in [0.2, 0.25) is 0 Å². The molecule has 3 aromatic heterocycles. The third kappa shape index (κ3) is 4.87. The second-order valence-corrected chi connectivity index (χ2v) is 8.56. The SMILES string of the molecule is O=C(O)CC(c1cnc2ccccc2c1)n1ccc(CCCc2ccc3c(n2)NCCC3)n1. The van der Waals surface area contributed by atoms with Crippen LogP contribution in [0, 0.1) is 0 Å². The topological polar surface area (TPSA) is 92.9 Å². The van der Waals surface area contributed by atoms with Gasteiger partial charge in [-0.3, -0.25) is 14.5 Å². The molecule has 0 bridgehead atoms. The van der Waals surface area contributed by atoms with Crippen LogP contribution in [0.4, 0.5) is 5.82 Å². The number of hydrogen-bond acceptors (Lipinski definition) is 5. The zero-order chi connectivity index (χ0) is 22.6. The van der Waals surface area contributed by atoms with Gasteiger partial charge >= 0.3 is 5.97 Å². The van der Waals surface area contributed by atoms with Gasteiger partial charge in [0.1, 0.15) is 5.82 Å². The van der Waals surface area contributed by atoms with Crippen molar-refractivity contribution in [3.05, 3.63) is 83.4 Å². The lowest BCUT2D eigenvalue weighted by atomic mass is 10.0. The van der Waals surface area contributed by atoms with Crippen LogP contribution < -0.4 is 5.32 Å². The Balaban J connectivity index is 1.28. The molecule has 4 aromatic rings. The summed E-state index contributed by atoms with van der Waals surface area (Å²) < 4.78 is 1.76. The highest BCUT2D eigenvalue weighted by molar-refractivity contribution is 5.79.